The fourth-order valence-corrected chi connectivity index (χ4v) is 3.38. The van der Waals surface area contributed by atoms with Gasteiger partial charge in [-0.3, -0.25) is 24.5 Å². The number of hydrogen-bond acceptors (Lipinski definition) is 7. The average Bonchev–Trinajstić information content (AvgIpc) is 2.91. The lowest BCUT2D eigenvalue weighted by atomic mass is 9.88. The second-order valence-electron chi connectivity index (χ2n) is 6.92. The summed E-state index contributed by atoms with van der Waals surface area (Å²) in [6.45, 7) is 1.21. The number of amides is 1. The summed E-state index contributed by atoms with van der Waals surface area (Å²) in [7, 11) is 1.56. The van der Waals surface area contributed by atoms with Crippen LogP contribution >= 0.6 is 0 Å². The minimum Gasteiger partial charge on any atom is -0.497 e. The van der Waals surface area contributed by atoms with Crippen LogP contribution in [0.2, 0.25) is 0 Å². The van der Waals surface area contributed by atoms with Crippen molar-refractivity contribution in [1.29, 1.82) is 0 Å². The average molecular weight is 392 g/mol. The summed E-state index contributed by atoms with van der Waals surface area (Å²) in [4.78, 5) is 46.2. The molecule has 0 heterocycles. The maximum atomic E-state index is 12.0. The fraction of sp³-hybridized carbons (Fsp3) is 0.526. The number of nitro groups is 1. The number of benzene rings is 1. The van der Waals surface area contributed by atoms with E-state index in [1.165, 1.54) is 0 Å². The van der Waals surface area contributed by atoms with Crippen molar-refractivity contribution in [2.45, 2.75) is 26.3 Å². The highest BCUT2D eigenvalue weighted by atomic mass is 16.6. The Labute approximate surface area is 162 Å². The first-order chi connectivity index (χ1) is 13.3. The van der Waals surface area contributed by atoms with Gasteiger partial charge >= 0.3 is 5.97 Å². The summed E-state index contributed by atoms with van der Waals surface area (Å²) in [6.07, 6.45) is -0.0216. The highest BCUT2D eigenvalue weighted by Crippen LogP contribution is 2.36. The second kappa shape index (κ2) is 9.82. The topological polar surface area (TPSA) is 125 Å². The molecule has 1 N–H and O–H groups in total. The van der Waals surface area contributed by atoms with Crippen LogP contribution in [0.1, 0.15) is 25.3 Å². The van der Waals surface area contributed by atoms with Crippen molar-refractivity contribution >= 4 is 17.7 Å². The predicted octanol–water partition coefficient (Wildman–Crippen LogP) is 1.36. The molecule has 0 bridgehead atoms. The molecular formula is C19H24N2O7. The Balaban J connectivity index is 1.76. The molecule has 1 fully saturated rings. The number of ketones is 1. The van der Waals surface area contributed by atoms with E-state index >= 15 is 0 Å². The quantitative estimate of drug-likeness (QED) is 0.382. The summed E-state index contributed by atoms with van der Waals surface area (Å²) in [5, 5.41) is 13.4. The number of rotatable bonds is 9. The van der Waals surface area contributed by atoms with Crippen LogP contribution in [-0.4, -0.2) is 42.8 Å². The summed E-state index contributed by atoms with van der Waals surface area (Å²) in [5.41, 5.74) is 0.855. The second-order valence-corrected chi connectivity index (χ2v) is 6.92. The number of Topliss-reactive ketones (excluding diaryl/α,β-unsaturated/α-hetero) is 1. The van der Waals surface area contributed by atoms with Crippen LogP contribution in [0.15, 0.2) is 24.3 Å². The number of hydrogen-bond donors (Lipinski definition) is 1. The van der Waals surface area contributed by atoms with Crippen LogP contribution in [0.3, 0.4) is 0 Å². The van der Waals surface area contributed by atoms with Crippen molar-refractivity contribution < 1.29 is 28.8 Å². The molecule has 1 saturated carbocycles. The third kappa shape index (κ3) is 6.04. The fourth-order valence-electron chi connectivity index (χ4n) is 3.38. The molecule has 152 valence electrons. The molecule has 1 aromatic carbocycles. The van der Waals surface area contributed by atoms with Gasteiger partial charge in [-0.1, -0.05) is 19.1 Å². The Morgan fingerprint density at radius 1 is 1.29 bits per heavy atom. The summed E-state index contributed by atoms with van der Waals surface area (Å²) in [5.74, 6) is -2.01. The number of nitrogens with one attached hydrogen (secondary N) is 1. The lowest BCUT2D eigenvalue weighted by molar-refractivity contribution is -0.490. The summed E-state index contributed by atoms with van der Waals surface area (Å²) < 4.78 is 9.99. The molecule has 0 radical (unpaired) electrons. The van der Waals surface area contributed by atoms with E-state index in [1.807, 2.05) is 0 Å². The number of ether oxygens (including phenoxy) is 2. The maximum Gasteiger partial charge on any atom is 0.307 e. The van der Waals surface area contributed by atoms with Gasteiger partial charge in [0.15, 0.2) is 6.61 Å². The van der Waals surface area contributed by atoms with Crippen molar-refractivity contribution in [1.82, 2.24) is 5.32 Å². The van der Waals surface area contributed by atoms with Gasteiger partial charge in [0, 0.05) is 29.7 Å². The third-order valence-corrected chi connectivity index (χ3v) is 4.94. The van der Waals surface area contributed by atoms with Crippen LogP contribution < -0.4 is 10.1 Å². The zero-order valence-corrected chi connectivity index (χ0v) is 15.9. The van der Waals surface area contributed by atoms with E-state index < -0.39 is 35.2 Å². The minimum atomic E-state index is -0.727. The molecule has 9 nitrogen and oxygen atoms in total. The van der Waals surface area contributed by atoms with Crippen LogP contribution in [0.4, 0.5) is 0 Å². The molecule has 0 unspecified atom stereocenters. The first kappa shape index (κ1) is 21.3. The minimum absolute atomic E-state index is 0.150. The van der Waals surface area contributed by atoms with E-state index in [4.69, 9.17) is 9.47 Å². The van der Waals surface area contributed by atoms with E-state index in [0.29, 0.717) is 5.75 Å². The molecule has 3 atom stereocenters. The van der Waals surface area contributed by atoms with E-state index in [2.05, 4.69) is 5.32 Å². The molecular weight excluding hydrogens is 368 g/mol. The molecule has 0 aliphatic heterocycles. The number of esters is 1. The maximum absolute atomic E-state index is 12.0. The van der Waals surface area contributed by atoms with Gasteiger partial charge < -0.3 is 14.8 Å². The predicted molar refractivity (Wildman–Crippen MR) is 98.0 cm³/mol. The van der Waals surface area contributed by atoms with Crippen LogP contribution in [0.25, 0.3) is 0 Å². The SMILES string of the molecule is COc1ccc(CNC(=O)COC(=O)C[C@H]2C(=O)C[C@H](C)[C@H]2C[N+](=O)[O-])cc1. The Morgan fingerprint density at radius 3 is 2.57 bits per heavy atom. The first-order valence-corrected chi connectivity index (χ1v) is 9.00. The number of carbonyl (C=O) groups is 3. The van der Waals surface area contributed by atoms with Gasteiger partial charge in [-0.15, -0.1) is 0 Å². The first-order valence-electron chi connectivity index (χ1n) is 9.00. The lowest BCUT2D eigenvalue weighted by Gasteiger charge is -2.17. The molecule has 2 rings (SSSR count). The van der Waals surface area contributed by atoms with Crippen LogP contribution in [-0.2, 0) is 25.7 Å². The Hall–Kier alpha value is -2.97. The zero-order chi connectivity index (χ0) is 20.7. The molecule has 9 heteroatoms. The zero-order valence-electron chi connectivity index (χ0n) is 15.9. The van der Waals surface area contributed by atoms with Gasteiger partial charge in [-0.2, -0.15) is 0 Å². The molecule has 28 heavy (non-hydrogen) atoms. The molecule has 1 aliphatic carbocycles. The standard InChI is InChI=1S/C19H24N2O7/c1-12-7-17(22)15(16(12)10-21(25)26)8-19(24)28-11-18(23)20-9-13-3-5-14(27-2)6-4-13/h3-6,12,15-16H,7-11H2,1-2H3,(H,20,23)/t12-,15+,16+/m0/s1. The molecule has 1 aliphatic rings. The van der Waals surface area contributed by atoms with E-state index in [0.717, 1.165) is 5.56 Å². The molecule has 0 spiro atoms. The summed E-state index contributed by atoms with van der Waals surface area (Å²) in [6, 6.07) is 7.13. The number of carbonyl (C=O) groups excluding carboxylic acids is 3. The van der Waals surface area contributed by atoms with Crippen LogP contribution in [0, 0.1) is 27.9 Å². The smallest absolute Gasteiger partial charge is 0.307 e. The highest BCUT2D eigenvalue weighted by Gasteiger charge is 2.44. The normalized spacial score (nSPS) is 21.2. The van der Waals surface area contributed by atoms with Gasteiger partial charge in [0.2, 0.25) is 6.54 Å². The van der Waals surface area contributed by atoms with Crippen LogP contribution in [0.5, 0.6) is 5.75 Å². The lowest BCUT2D eigenvalue weighted by Crippen LogP contribution is -2.30. The number of methoxy groups -OCH3 is 1. The van der Waals surface area contributed by atoms with Gasteiger partial charge in [-0.05, 0) is 23.6 Å². The van der Waals surface area contributed by atoms with Gasteiger partial charge in [0.25, 0.3) is 5.91 Å². The van der Waals surface area contributed by atoms with Gasteiger partial charge in [0.1, 0.15) is 11.5 Å². The van der Waals surface area contributed by atoms with Crippen molar-refractivity contribution in [3.63, 3.8) is 0 Å². The highest BCUT2D eigenvalue weighted by molar-refractivity contribution is 5.88. The Kier molecular flexibility index (Phi) is 7.48. The van der Waals surface area contributed by atoms with E-state index in [-0.39, 0.29) is 37.6 Å². The molecule has 1 aromatic rings. The van der Waals surface area contributed by atoms with Crippen molar-refractivity contribution in [2.24, 2.45) is 17.8 Å². The molecule has 0 saturated heterocycles. The van der Waals surface area contributed by atoms with Crippen molar-refractivity contribution in [3.05, 3.63) is 39.9 Å². The van der Waals surface area contributed by atoms with E-state index in [9.17, 15) is 24.5 Å². The third-order valence-electron chi connectivity index (χ3n) is 4.94. The Morgan fingerprint density at radius 2 is 1.96 bits per heavy atom. The summed E-state index contributed by atoms with van der Waals surface area (Å²) >= 11 is 0. The molecule has 1 amide bonds. The Bertz CT molecular complexity index is 732. The largest absolute Gasteiger partial charge is 0.497 e. The molecule has 0 aromatic heterocycles. The van der Waals surface area contributed by atoms with Crippen molar-refractivity contribution in [3.8, 4) is 5.75 Å². The monoisotopic (exact) mass is 392 g/mol. The van der Waals surface area contributed by atoms with Crippen molar-refractivity contribution in [2.75, 3.05) is 20.3 Å². The van der Waals surface area contributed by atoms with Gasteiger partial charge in [-0.25, -0.2) is 0 Å². The number of nitrogens with zero attached hydrogens (tertiary/aromatic N) is 1. The van der Waals surface area contributed by atoms with Gasteiger partial charge in [0.05, 0.1) is 13.5 Å². The van der Waals surface area contributed by atoms with E-state index in [1.54, 1.807) is 38.3 Å².